The number of benzene rings is 1. The molecular formula is C15H21NO. The van der Waals surface area contributed by atoms with Crippen molar-refractivity contribution in [3.63, 3.8) is 0 Å². The van der Waals surface area contributed by atoms with Gasteiger partial charge in [0, 0.05) is 5.41 Å². The van der Waals surface area contributed by atoms with E-state index in [1.54, 1.807) is 6.08 Å². The Morgan fingerprint density at radius 2 is 2.06 bits per heavy atom. The fraction of sp³-hybridized carbons (Fsp3) is 0.400. The second-order valence-corrected chi connectivity index (χ2v) is 4.64. The molecule has 92 valence electrons. The Labute approximate surface area is 104 Å². The van der Waals surface area contributed by atoms with E-state index in [0.717, 1.165) is 12.0 Å². The summed E-state index contributed by atoms with van der Waals surface area (Å²) < 4.78 is 0. The molecule has 2 nitrogen and oxygen atoms in total. The molecule has 0 fully saturated rings. The second kappa shape index (κ2) is 5.78. The highest BCUT2D eigenvalue weighted by molar-refractivity contribution is 5.91. The van der Waals surface area contributed by atoms with Crippen LogP contribution < -0.4 is 5.73 Å². The van der Waals surface area contributed by atoms with Gasteiger partial charge in [0.15, 0.2) is 5.78 Å². The maximum Gasteiger partial charge on any atom is 0.159 e. The molecule has 0 saturated carbocycles. The number of carbonyl (C=O) groups is 1. The molecule has 0 aliphatic carbocycles. The summed E-state index contributed by atoms with van der Waals surface area (Å²) in [7, 11) is 0. The van der Waals surface area contributed by atoms with Gasteiger partial charge >= 0.3 is 0 Å². The van der Waals surface area contributed by atoms with Gasteiger partial charge in [-0.2, -0.15) is 0 Å². The smallest absolute Gasteiger partial charge is 0.159 e. The predicted octanol–water partition coefficient (Wildman–Crippen LogP) is 2.73. The lowest BCUT2D eigenvalue weighted by atomic mass is 9.79. The molecule has 17 heavy (non-hydrogen) atoms. The average molecular weight is 231 g/mol. The molecule has 0 amide bonds. The Balaban J connectivity index is 2.74. The summed E-state index contributed by atoms with van der Waals surface area (Å²) in [5, 5.41) is 0. The van der Waals surface area contributed by atoms with Gasteiger partial charge in [-0.15, -0.1) is 6.58 Å². The van der Waals surface area contributed by atoms with Crippen molar-refractivity contribution in [1.29, 1.82) is 0 Å². The number of hydrogen-bond donors (Lipinski definition) is 1. The second-order valence-electron chi connectivity index (χ2n) is 4.64. The fourth-order valence-corrected chi connectivity index (χ4v) is 1.80. The SMILES string of the molecule is C=CC(C)(CC)C(=O)C(N)Cc1ccccc1. The zero-order valence-electron chi connectivity index (χ0n) is 10.6. The minimum absolute atomic E-state index is 0.0684. The summed E-state index contributed by atoms with van der Waals surface area (Å²) in [5.41, 5.74) is 6.58. The molecule has 2 heteroatoms. The first-order valence-electron chi connectivity index (χ1n) is 6.01. The van der Waals surface area contributed by atoms with Gasteiger partial charge in [-0.3, -0.25) is 4.79 Å². The highest BCUT2D eigenvalue weighted by Crippen LogP contribution is 2.25. The Hall–Kier alpha value is -1.41. The lowest BCUT2D eigenvalue weighted by molar-refractivity contribution is -0.127. The monoisotopic (exact) mass is 231 g/mol. The van der Waals surface area contributed by atoms with E-state index < -0.39 is 11.5 Å². The molecule has 0 bridgehead atoms. The topological polar surface area (TPSA) is 43.1 Å². The predicted molar refractivity (Wildman–Crippen MR) is 71.7 cm³/mol. The van der Waals surface area contributed by atoms with Gasteiger partial charge in [0.2, 0.25) is 0 Å². The summed E-state index contributed by atoms with van der Waals surface area (Å²) in [6.07, 6.45) is 3.03. The maximum absolute atomic E-state index is 12.2. The molecule has 1 aromatic carbocycles. The number of allylic oxidation sites excluding steroid dienone is 1. The van der Waals surface area contributed by atoms with Crippen LogP contribution in [0, 0.1) is 5.41 Å². The van der Waals surface area contributed by atoms with Gasteiger partial charge < -0.3 is 5.73 Å². The maximum atomic E-state index is 12.2. The number of Topliss-reactive ketones (excluding diaryl/α,β-unsaturated/α-hetero) is 1. The van der Waals surface area contributed by atoms with E-state index in [1.807, 2.05) is 44.2 Å². The van der Waals surface area contributed by atoms with Crippen molar-refractivity contribution in [2.24, 2.45) is 11.1 Å². The van der Waals surface area contributed by atoms with E-state index in [-0.39, 0.29) is 5.78 Å². The number of carbonyl (C=O) groups excluding carboxylic acids is 1. The van der Waals surface area contributed by atoms with Crippen LogP contribution in [-0.2, 0) is 11.2 Å². The lowest BCUT2D eigenvalue weighted by Gasteiger charge is -2.25. The van der Waals surface area contributed by atoms with Gasteiger partial charge in [-0.05, 0) is 25.3 Å². The van der Waals surface area contributed by atoms with Gasteiger partial charge in [0.05, 0.1) is 6.04 Å². The van der Waals surface area contributed by atoms with Crippen LogP contribution in [0.4, 0.5) is 0 Å². The molecule has 2 N–H and O–H groups in total. The Bertz CT molecular complexity index is 385. The molecule has 2 unspecified atom stereocenters. The number of hydrogen-bond acceptors (Lipinski definition) is 2. The molecule has 1 aromatic rings. The minimum Gasteiger partial charge on any atom is -0.321 e. The molecule has 2 atom stereocenters. The van der Waals surface area contributed by atoms with Crippen molar-refractivity contribution < 1.29 is 4.79 Å². The van der Waals surface area contributed by atoms with Gasteiger partial charge in [-0.1, -0.05) is 43.3 Å². The van der Waals surface area contributed by atoms with Crippen LogP contribution in [0.2, 0.25) is 0 Å². The number of rotatable bonds is 6. The van der Waals surface area contributed by atoms with Crippen molar-refractivity contribution in [2.75, 3.05) is 0 Å². The lowest BCUT2D eigenvalue weighted by Crippen LogP contribution is -2.42. The van der Waals surface area contributed by atoms with Crippen molar-refractivity contribution in [2.45, 2.75) is 32.7 Å². The number of nitrogens with two attached hydrogens (primary N) is 1. The summed E-state index contributed by atoms with van der Waals surface area (Å²) in [4.78, 5) is 12.2. The summed E-state index contributed by atoms with van der Waals surface area (Å²) in [5.74, 6) is 0.0684. The quantitative estimate of drug-likeness (QED) is 0.765. The van der Waals surface area contributed by atoms with Crippen molar-refractivity contribution in [3.8, 4) is 0 Å². The molecule has 1 rings (SSSR count). The average Bonchev–Trinajstić information content (AvgIpc) is 2.38. The van der Waals surface area contributed by atoms with Crippen LogP contribution >= 0.6 is 0 Å². The normalized spacial score (nSPS) is 15.9. The van der Waals surface area contributed by atoms with Crippen LogP contribution in [0.1, 0.15) is 25.8 Å². The zero-order valence-corrected chi connectivity index (χ0v) is 10.6. The summed E-state index contributed by atoms with van der Waals surface area (Å²) in [6.45, 7) is 7.61. The minimum atomic E-state index is -0.506. The molecule has 0 radical (unpaired) electrons. The van der Waals surface area contributed by atoms with Crippen LogP contribution in [0.15, 0.2) is 43.0 Å². The molecule has 0 spiro atoms. The largest absolute Gasteiger partial charge is 0.321 e. The first-order valence-corrected chi connectivity index (χ1v) is 6.01. The Morgan fingerprint density at radius 3 is 2.53 bits per heavy atom. The van der Waals surface area contributed by atoms with Gasteiger partial charge in [0.25, 0.3) is 0 Å². The van der Waals surface area contributed by atoms with Crippen molar-refractivity contribution >= 4 is 5.78 Å². The van der Waals surface area contributed by atoms with E-state index >= 15 is 0 Å². The first kappa shape index (κ1) is 13.7. The fourth-order valence-electron chi connectivity index (χ4n) is 1.80. The molecule has 0 aromatic heterocycles. The first-order chi connectivity index (χ1) is 8.03. The summed E-state index contributed by atoms with van der Waals surface area (Å²) >= 11 is 0. The zero-order chi connectivity index (χ0) is 12.9. The highest BCUT2D eigenvalue weighted by atomic mass is 16.1. The van der Waals surface area contributed by atoms with E-state index in [0.29, 0.717) is 6.42 Å². The Kier molecular flexibility index (Phi) is 4.64. The van der Waals surface area contributed by atoms with E-state index in [4.69, 9.17) is 5.73 Å². The van der Waals surface area contributed by atoms with E-state index in [9.17, 15) is 4.79 Å². The molecule has 0 aliphatic heterocycles. The molecular weight excluding hydrogens is 210 g/mol. The van der Waals surface area contributed by atoms with Crippen LogP contribution in [0.3, 0.4) is 0 Å². The number of ketones is 1. The van der Waals surface area contributed by atoms with E-state index in [1.165, 1.54) is 0 Å². The van der Waals surface area contributed by atoms with Crippen molar-refractivity contribution in [3.05, 3.63) is 48.6 Å². The summed E-state index contributed by atoms with van der Waals surface area (Å²) in [6, 6.07) is 9.39. The third-order valence-corrected chi connectivity index (χ3v) is 3.38. The van der Waals surface area contributed by atoms with Gasteiger partial charge in [-0.25, -0.2) is 0 Å². The van der Waals surface area contributed by atoms with E-state index in [2.05, 4.69) is 6.58 Å². The molecule has 0 saturated heterocycles. The third kappa shape index (κ3) is 3.27. The highest BCUT2D eigenvalue weighted by Gasteiger charge is 2.31. The molecule has 0 heterocycles. The van der Waals surface area contributed by atoms with Crippen LogP contribution in [-0.4, -0.2) is 11.8 Å². The Morgan fingerprint density at radius 1 is 1.47 bits per heavy atom. The standard InChI is InChI=1S/C15H21NO/c1-4-15(3,5-2)14(17)13(16)11-12-9-7-6-8-10-12/h4,6-10,13H,1,5,11,16H2,2-3H3. The van der Waals surface area contributed by atoms with Gasteiger partial charge in [0.1, 0.15) is 0 Å². The molecule has 0 aliphatic rings. The van der Waals surface area contributed by atoms with Crippen molar-refractivity contribution in [1.82, 2.24) is 0 Å². The van der Waals surface area contributed by atoms with Crippen LogP contribution in [0.25, 0.3) is 0 Å². The van der Waals surface area contributed by atoms with Crippen LogP contribution in [0.5, 0.6) is 0 Å². The third-order valence-electron chi connectivity index (χ3n) is 3.38.